The van der Waals surface area contributed by atoms with Crippen LogP contribution in [0.15, 0.2) is 36.5 Å². The van der Waals surface area contributed by atoms with Crippen LogP contribution < -0.4 is 5.73 Å². The minimum Gasteiger partial charge on any atom is -0.366 e. The summed E-state index contributed by atoms with van der Waals surface area (Å²) in [5.41, 5.74) is 5.82. The zero-order valence-electron chi connectivity index (χ0n) is 8.65. The number of carbonyl (C=O) groups is 1. The van der Waals surface area contributed by atoms with Crippen LogP contribution in [-0.2, 0) is 0 Å². The molecule has 0 bridgehead atoms. The smallest absolute Gasteiger partial charge is 0.251 e. The Hall–Kier alpha value is -1.94. The van der Waals surface area contributed by atoms with Crippen molar-refractivity contribution in [3.8, 4) is 11.3 Å². The van der Waals surface area contributed by atoms with Gasteiger partial charge >= 0.3 is 0 Å². The van der Waals surface area contributed by atoms with E-state index in [4.69, 9.17) is 17.3 Å². The lowest BCUT2D eigenvalue weighted by Crippen LogP contribution is -2.12. The number of rotatable bonds is 2. The highest BCUT2D eigenvalue weighted by molar-refractivity contribution is 6.33. The first kappa shape index (κ1) is 11.5. The normalized spacial score (nSPS) is 10.2. The summed E-state index contributed by atoms with van der Waals surface area (Å²) in [5.74, 6) is -1.49. The number of hydrogen-bond donors (Lipinski definition) is 1. The van der Waals surface area contributed by atoms with Crippen molar-refractivity contribution in [3.63, 3.8) is 0 Å². The largest absolute Gasteiger partial charge is 0.366 e. The fourth-order valence-corrected chi connectivity index (χ4v) is 1.69. The van der Waals surface area contributed by atoms with Crippen molar-refractivity contribution in [1.82, 2.24) is 4.98 Å². The van der Waals surface area contributed by atoms with E-state index in [1.54, 1.807) is 24.4 Å². The van der Waals surface area contributed by atoms with E-state index in [0.29, 0.717) is 16.3 Å². The standard InChI is InChI=1S/C12H8ClFN2O/c13-9-2-1-5-16-11(9)7-3-4-8(12(15)17)10(14)6-7/h1-6H,(H2,15,17). The molecule has 2 aromatic rings. The Bertz CT molecular complexity index is 586. The molecule has 0 unspecified atom stereocenters. The predicted octanol–water partition coefficient (Wildman–Crippen LogP) is 2.64. The van der Waals surface area contributed by atoms with Gasteiger partial charge in [-0.15, -0.1) is 0 Å². The molecule has 1 heterocycles. The topological polar surface area (TPSA) is 56.0 Å². The minimum atomic E-state index is -0.804. The van der Waals surface area contributed by atoms with E-state index in [1.807, 2.05) is 0 Å². The van der Waals surface area contributed by atoms with Gasteiger partial charge in [0.15, 0.2) is 0 Å². The van der Waals surface area contributed by atoms with Crippen molar-refractivity contribution < 1.29 is 9.18 Å². The molecule has 1 aromatic heterocycles. The lowest BCUT2D eigenvalue weighted by molar-refractivity contribution is 0.0996. The molecule has 5 heteroatoms. The molecule has 86 valence electrons. The van der Waals surface area contributed by atoms with E-state index < -0.39 is 11.7 Å². The van der Waals surface area contributed by atoms with Gasteiger partial charge in [-0.2, -0.15) is 0 Å². The van der Waals surface area contributed by atoms with E-state index in [1.165, 1.54) is 12.1 Å². The van der Waals surface area contributed by atoms with Gasteiger partial charge in [-0.05, 0) is 24.3 Å². The van der Waals surface area contributed by atoms with Gasteiger partial charge in [0.2, 0.25) is 0 Å². The van der Waals surface area contributed by atoms with Crippen LogP contribution in [0.1, 0.15) is 10.4 Å². The van der Waals surface area contributed by atoms with Gasteiger partial charge in [0.25, 0.3) is 5.91 Å². The molecule has 17 heavy (non-hydrogen) atoms. The Morgan fingerprint density at radius 1 is 1.35 bits per heavy atom. The van der Waals surface area contributed by atoms with Gasteiger partial charge in [-0.1, -0.05) is 17.7 Å². The Balaban J connectivity index is 2.52. The highest BCUT2D eigenvalue weighted by atomic mass is 35.5. The maximum Gasteiger partial charge on any atom is 0.251 e. The van der Waals surface area contributed by atoms with Crippen molar-refractivity contribution in [1.29, 1.82) is 0 Å². The summed E-state index contributed by atoms with van der Waals surface area (Å²) in [6, 6.07) is 7.40. The molecule has 0 saturated carbocycles. The Morgan fingerprint density at radius 2 is 2.12 bits per heavy atom. The second-order valence-electron chi connectivity index (χ2n) is 3.39. The zero-order valence-corrected chi connectivity index (χ0v) is 9.41. The summed E-state index contributed by atoms with van der Waals surface area (Å²) in [7, 11) is 0. The highest BCUT2D eigenvalue weighted by Gasteiger charge is 2.11. The highest BCUT2D eigenvalue weighted by Crippen LogP contribution is 2.26. The van der Waals surface area contributed by atoms with Crippen molar-refractivity contribution in [2.45, 2.75) is 0 Å². The third-order valence-electron chi connectivity index (χ3n) is 2.27. The number of aromatic nitrogens is 1. The molecule has 2 rings (SSSR count). The number of hydrogen-bond acceptors (Lipinski definition) is 2. The van der Waals surface area contributed by atoms with Crippen LogP contribution in [0.4, 0.5) is 4.39 Å². The van der Waals surface area contributed by atoms with Crippen molar-refractivity contribution >= 4 is 17.5 Å². The molecule has 3 nitrogen and oxygen atoms in total. The van der Waals surface area contributed by atoms with Gasteiger partial charge in [0, 0.05) is 11.8 Å². The fourth-order valence-electron chi connectivity index (χ4n) is 1.46. The van der Waals surface area contributed by atoms with E-state index in [2.05, 4.69) is 4.98 Å². The summed E-state index contributed by atoms with van der Waals surface area (Å²) in [6.07, 6.45) is 1.56. The van der Waals surface area contributed by atoms with Gasteiger partial charge in [0.1, 0.15) is 5.82 Å². The van der Waals surface area contributed by atoms with Crippen LogP contribution in [0, 0.1) is 5.82 Å². The molecular formula is C12H8ClFN2O. The van der Waals surface area contributed by atoms with E-state index >= 15 is 0 Å². The van der Waals surface area contributed by atoms with E-state index in [9.17, 15) is 9.18 Å². The molecular weight excluding hydrogens is 243 g/mol. The summed E-state index contributed by atoms with van der Waals surface area (Å²) in [4.78, 5) is 14.9. The molecule has 0 radical (unpaired) electrons. The predicted molar refractivity (Wildman–Crippen MR) is 63.2 cm³/mol. The van der Waals surface area contributed by atoms with Crippen molar-refractivity contribution in [2.24, 2.45) is 5.73 Å². The monoisotopic (exact) mass is 250 g/mol. The first-order valence-corrected chi connectivity index (χ1v) is 5.17. The molecule has 0 spiro atoms. The first-order chi connectivity index (χ1) is 8.09. The van der Waals surface area contributed by atoms with Crippen molar-refractivity contribution in [2.75, 3.05) is 0 Å². The number of carbonyl (C=O) groups excluding carboxylic acids is 1. The molecule has 1 amide bonds. The summed E-state index contributed by atoms with van der Waals surface area (Å²) < 4.78 is 13.5. The number of nitrogens with zero attached hydrogens (tertiary/aromatic N) is 1. The number of halogens is 2. The van der Waals surface area contributed by atoms with Crippen LogP contribution in [0.25, 0.3) is 11.3 Å². The summed E-state index contributed by atoms with van der Waals surface area (Å²) in [5, 5.41) is 0.415. The van der Waals surface area contributed by atoms with Crippen LogP contribution in [0.5, 0.6) is 0 Å². The van der Waals surface area contributed by atoms with Crippen LogP contribution in [0.2, 0.25) is 5.02 Å². The van der Waals surface area contributed by atoms with Crippen LogP contribution in [0.3, 0.4) is 0 Å². The molecule has 0 saturated heterocycles. The SMILES string of the molecule is NC(=O)c1ccc(-c2ncccc2Cl)cc1F. The molecule has 0 fully saturated rings. The summed E-state index contributed by atoms with van der Waals surface area (Å²) in [6.45, 7) is 0. The number of benzene rings is 1. The Kier molecular flexibility index (Phi) is 3.06. The quantitative estimate of drug-likeness (QED) is 0.891. The molecule has 0 aliphatic rings. The molecule has 0 aliphatic heterocycles. The molecule has 2 N–H and O–H groups in total. The number of primary amides is 1. The first-order valence-electron chi connectivity index (χ1n) is 4.80. The van der Waals surface area contributed by atoms with Gasteiger partial charge in [0.05, 0.1) is 16.3 Å². The average molecular weight is 251 g/mol. The third kappa shape index (κ3) is 2.26. The Morgan fingerprint density at radius 3 is 2.71 bits per heavy atom. The van der Waals surface area contributed by atoms with E-state index in [0.717, 1.165) is 0 Å². The average Bonchev–Trinajstić information content (AvgIpc) is 2.29. The van der Waals surface area contributed by atoms with Gasteiger partial charge < -0.3 is 5.73 Å². The minimum absolute atomic E-state index is 0.152. The van der Waals surface area contributed by atoms with Gasteiger partial charge in [-0.25, -0.2) is 4.39 Å². The van der Waals surface area contributed by atoms with E-state index in [-0.39, 0.29) is 5.56 Å². The van der Waals surface area contributed by atoms with Crippen LogP contribution >= 0.6 is 11.6 Å². The molecule has 1 aromatic carbocycles. The summed E-state index contributed by atoms with van der Waals surface area (Å²) >= 11 is 5.94. The number of pyridine rings is 1. The Labute approximate surface area is 102 Å². The van der Waals surface area contributed by atoms with Crippen molar-refractivity contribution in [3.05, 3.63) is 52.9 Å². The zero-order chi connectivity index (χ0) is 12.4. The fraction of sp³-hybridized carbons (Fsp3) is 0. The third-order valence-corrected chi connectivity index (χ3v) is 2.57. The number of nitrogens with two attached hydrogens (primary N) is 1. The lowest BCUT2D eigenvalue weighted by atomic mass is 10.1. The van der Waals surface area contributed by atoms with Crippen LogP contribution in [-0.4, -0.2) is 10.9 Å². The molecule has 0 aliphatic carbocycles. The second kappa shape index (κ2) is 4.51. The number of amides is 1. The maximum atomic E-state index is 13.5. The second-order valence-corrected chi connectivity index (χ2v) is 3.80. The lowest BCUT2D eigenvalue weighted by Gasteiger charge is -2.04. The van der Waals surface area contributed by atoms with Gasteiger partial charge in [-0.3, -0.25) is 9.78 Å². The maximum absolute atomic E-state index is 13.5. The molecule has 0 atom stereocenters.